The van der Waals surface area contributed by atoms with Crippen molar-refractivity contribution >= 4 is 57.3 Å². The van der Waals surface area contributed by atoms with Crippen LogP contribution in [-0.4, -0.2) is 33.5 Å². The SMILES string of the molecule is COc1ccccc1-n1c(SCC(=O)Nc2cccc3ccccc23)nnc1-c1ccc(Cl)cc1Cl. The third kappa shape index (κ3) is 4.91. The number of aromatic nitrogens is 3. The Balaban J connectivity index is 1.47. The van der Waals surface area contributed by atoms with E-state index in [0.29, 0.717) is 32.3 Å². The summed E-state index contributed by atoms with van der Waals surface area (Å²) in [5.41, 5.74) is 2.15. The fourth-order valence-corrected chi connectivity index (χ4v) is 5.13. The Bertz CT molecular complexity index is 1570. The number of ether oxygens (including phenoxy) is 1. The Morgan fingerprint density at radius 2 is 1.75 bits per heavy atom. The molecule has 0 aliphatic carbocycles. The fourth-order valence-electron chi connectivity index (χ4n) is 3.89. The van der Waals surface area contributed by atoms with E-state index in [9.17, 15) is 4.79 Å². The monoisotopic (exact) mass is 534 g/mol. The van der Waals surface area contributed by atoms with E-state index in [-0.39, 0.29) is 11.7 Å². The summed E-state index contributed by atoms with van der Waals surface area (Å²) < 4.78 is 7.43. The number of nitrogens with zero attached hydrogens (tertiary/aromatic N) is 3. The van der Waals surface area contributed by atoms with Crippen molar-refractivity contribution in [1.82, 2.24) is 14.8 Å². The zero-order chi connectivity index (χ0) is 25.1. The molecule has 9 heteroatoms. The fraction of sp³-hybridized carbons (Fsp3) is 0.0741. The Morgan fingerprint density at radius 3 is 2.58 bits per heavy atom. The lowest BCUT2D eigenvalue weighted by Crippen LogP contribution is -2.15. The van der Waals surface area contributed by atoms with Crippen molar-refractivity contribution < 1.29 is 9.53 Å². The van der Waals surface area contributed by atoms with Gasteiger partial charge in [-0.1, -0.05) is 83.5 Å². The number of carbonyl (C=O) groups excluding carboxylic acids is 1. The minimum absolute atomic E-state index is 0.130. The number of benzene rings is 4. The van der Waals surface area contributed by atoms with Crippen LogP contribution in [0.25, 0.3) is 27.8 Å². The smallest absolute Gasteiger partial charge is 0.234 e. The Labute approximate surface area is 222 Å². The van der Waals surface area contributed by atoms with E-state index in [1.54, 1.807) is 25.3 Å². The van der Waals surface area contributed by atoms with E-state index in [0.717, 1.165) is 22.1 Å². The number of thioether (sulfide) groups is 1. The van der Waals surface area contributed by atoms with Crippen LogP contribution in [0.3, 0.4) is 0 Å². The van der Waals surface area contributed by atoms with Crippen LogP contribution in [-0.2, 0) is 4.79 Å². The van der Waals surface area contributed by atoms with Crippen LogP contribution in [0.1, 0.15) is 0 Å². The summed E-state index contributed by atoms with van der Waals surface area (Å²) in [6.45, 7) is 0. The number of carbonyl (C=O) groups is 1. The second-order valence-corrected chi connectivity index (χ2v) is 9.59. The first-order valence-corrected chi connectivity index (χ1v) is 12.7. The van der Waals surface area contributed by atoms with Crippen LogP contribution in [0.15, 0.2) is 90.1 Å². The molecule has 4 aromatic carbocycles. The third-order valence-electron chi connectivity index (χ3n) is 5.53. The van der Waals surface area contributed by atoms with Crippen LogP contribution in [0.4, 0.5) is 5.69 Å². The molecular formula is C27H20Cl2N4O2S. The zero-order valence-electron chi connectivity index (χ0n) is 19.1. The van der Waals surface area contributed by atoms with Gasteiger partial charge in [0.1, 0.15) is 5.75 Å². The summed E-state index contributed by atoms with van der Waals surface area (Å²) in [7, 11) is 1.60. The summed E-state index contributed by atoms with van der Waals surface area (Å²) >= 11 is 13.9. The van der Waals surface area contributed by atoms with Crippen LogP contribution in [0.5, 0.6) is 5.75 Å². The van der Waals surface area contributed by atoms with Crippen molar-refractivity contribution in [2.24, 2.45) is 0 Å². The molecule has 0 radical (unpaired) electrons. The molecule has 1 aromatic heterocycles. The van der Waals surface area contributed by atoms with Gasteiger partial charge in [-0.3, -0.25) is 9.36 Å². The van der Waals surface area contributed by atoms with E-state index in [1.165, 1.54) is 11.8 Å². The van der Waals surface area contributed by atoms with Crippen molar-refractivity contribution in [3.63, 3.8) is 0 Å². The maximum atomic E-state index is 12.9. The molecule has 0 saturated carbocycles. The highest BCUT2D eigenvalue weighted by atomic mass is 35.5. The lowest BCUT2D eigenvalue weighted by molar-refractivity contribution is -0.113. The summed E-state index contributed by atoms with van der Waals surface area (Å²) in [6, 6.07) is 26.5. The topological polar surface area (TPSA) is 69.0 Å². The molecule has 180 valence electrons. The van der Waals surface area contributed by atoms with Crippen LogP contribution in [0, 0.1) is 0 Å². The molecule has 36 heavy (non-hydrogen) atoms. The van der Waals surface area contributed by atoms with Gasteiger partial charge in [-0.2, -0.15) is 0 Å². The molecular weight excluding hydrogens is 515 g/mol. The van der Waals surface area contributed by atoms with Gasteiger partial charge >= 0.3 is 0 Å². The molecule has 1 amide bonds. The molecule has 0 unspecified atom stereocenters. The number of para-hydroxylation sites is 2. The average molecular weight is 535 g/mol. The summed E-state index contributed by atoms with van der Waals surface area (Å²) in [5, 5.41) is 15.3. The number of amides is 1. The van der Waals surface area contributed by atoms with Crippen molar-refractivity contribution in [1.29, 1.82) is 0 Å². The van der Waals surface area contributed by atoms with Gasteiger partial charge in [0.05, 0.1) is 23.6 Å². The molecule has 0 bridgehead atoms. The van der Waals surface area contributed by atoms with Gasteiger partial charge in [0.25, 0.3) is 0 Å². The number of fused-ring (bicyclic) bond motifs is 1. The molecule has 6 nitrogen and oxygen atoms in total. The maximum absolute atomic E-state index is 12.9. The first-order valence-electron chi connectivity index (χ1n) is 11.0. The average Bonchev–Trinajstić information content (AvgIpc) is 3.31. The lowest BCUT2D eigenvalue weighted by atomic mass is 10.1. The van der Waals surface area contributed by atoms with E-state index in [4.69, 9.17) is 27.9 Å². The molecule has 0 aliphatic rings. The first-order chi connectivity index (χ1) is 17.5. The molecule has 0 saturated heterocycles. The predicted octanol–water partition coefficient (Wildman–Crippen LogP) is 7.13. The third-order valence-corrected chi connectivity index (χ3v) is 7.00. The molecule has 0 fully saturated rings. The molecule has 5 aromatic rings. The van der Waals surface area contributed by atoms with Gasteiger partial charge in [-0.05, 0) is 41.8 Å². The summed E-state index contributed by atoms with van der Waals surface area (Å²) in [5.74, 6) is 1.12. The Morgan fingerprint density at radius 1 is 0.972 bits per heavy atom. The number of hydrogen-bond acceptors (Lipinski definition) is 5. The number of nitrogens with one attached hydrogen (secondary N) is 1. The number of methoxy groups -OCH3 is 1. The minimum Gasteiger partial charge on any atom is -0.495 e. The highest BCUT2D eigenvalue weighted by Crippen LogP contribution is 2.36. The van der Waals surface area contributed by atoms with Crippen molar-refractivity contribution in [3.8, 4) is 22.8 Å². The Hall–Kier alpha value is -3.52. The number of halogens is 2. The van der Waals surface area contributed by atoms with E-state index >= 15 is 0 Å². The van der Waals surface area contributed by atoms with Crippen LogP contribution >= 0.6 is 35.0 Å². The predicted molar refractivity (Wildman–Crippen MR) is 147 cm³/mol. The molecule has 0 atom stereocenters. The van der Waals surface area contributed by atoms with Crippen molar-refractivity contribution in [2.75, 3.05) is 18.2 Å². The van der Waals surface area contributed by atoms with Crippen LogP contribution < -0.4 is 10.1 Å². The minimum atomic E-state index is -0.156. The zero-order valence-corrected chi connectivity index (χ0v) is 21.4. The largest absolute Gasteiger partial charge is 0.495 e. The van der Waals surface area contributed by atoms with Crippen LogP contribution in [0.2, 0.25) is 10.0 Å². The Kier molecular flexibility index (Phi) is 7.13. The van der Waals surface area contributed by atoms with Crippen molar-refractivity contribution in [3.05, 3.63) is 95.0 Å². The summed E-state index contributed by atoms with van der Waals surface area (Å²) in [4.78, 5) is 12.9. The second kappa shape index (κ2) is 10.6. The second-order valence-electron chi connectivity index (χ2n) is 7.80. The molecule has 1 heterocycles. The highest BCUT2D eigenvalue weighted by molar-refractivity contribution is 7.99. The van der Waals surface area contributed by atoms with Gasteiger partial charge in [0.2, 0.25) is 5.91 Å². The standard InChI is InChI=1S/C27H20Cl2N4O2S/c1-35-24-12-5-4-11-23(24)33-26(20-14-13-18(28)15-21(20)29)31-32-27(33)36-16-25(34)30-22-10-6-8-17-7-2-3-9-19(17)22/h2-15H,16H2,1H3,(H,30,34). The molecule has 1 N–H and O–H groups in total. The number of rotatable bonds is 7. The molecule has 5 rings (SSSR count). The maximum Gasteiger partial charge on any atom is 0.234 e. The normalized spacial score (nSPS) is 11.0. The number of hydrogen-bond donors (Lipinski definition) is 1. The highest BCUT2D eigenvalue weighted by Gasteiger charge is 2.21. The van der Waals surface area contributed by atoms with Gasteiger partial charge in [0.15, 0.2) is 11.0 Å². The van der Waals surface area contributed by atoms with Gasteiger partial charge < -0.3 is 10.1 Å². The molecule has 0 spiro atoms. The van der Waals surface area contributed by atoms with Gasteiger partial charge in [0, 0.05) is 21.7 Å². The van der Waals surface area contributed by atoms with Gasteiger partial charge in [-0.15, -0.1) is 10.2 Å². The molecule has 0 aliphatic heterocycles. The first kappa shape index (κ1) is 24.2. The number of anilines is 1. The quantitative estimate of drug-likeness (QED) is 0.225. The summed E-state index contributed by atoms with van der Waals surface area (Å²) in [6.07, 6.45) is 0. The lowest BCUT2D eigenvalue weighted by Gasteiger charge is -2.14. The van der Waals surface area contributed by atoms with E-state index < -0.39 is 0 Å². The van der Waals surface area contributed by atoms with Gasteiger partial charge in [-0.25, -0.2) is 0 Å². The van der Waals surface area contributed by atoms with E-state index in [2.05, 4.69) is 15.5 Å². The van der Waals surface area contributed by atoms with Crippen molar-refractivity contribution in [2.45, 2.75) is 5.16 Å². The van der Waals surface area contributed by atoms with E-state index in [1.807, 2.05) is 71.3 Å².